The molecule has 1 aromatic carbocycles. The molecule has 0 saturated heterocycles. The van der Waals surface area contributed by atoms with Crippen LogP contribution in [0.25, 0.3) is 10.8 Å². The number of benzene rings is 1. The number of aromatic nitrogens is 1. The fraction of sp³-hybridized carbons (Fsp3) is 0.167. The van der Waals surface area contributed by atoms with Gasteiger partial charge in [0.05, 0.1) is 5.56 Å². The van der Waals surface area contributed by atoms with E-state index >= 15 is 0 Å². The molecule has 7 heteroatoms. The SMILES string of the molecule is O=C(c1cncc2ccccc12)C(F)(F)C(F)(F)F. The zero-order valence-electron chi connectivity index (χ0n) is 9.21. The van der Waals surface area contributed by atoms with Gasteiger partial charge in [0.2, 0.25) is 5.78 Å². The number of rotatable bonds is 2. The highest BCUT2D eigenvalue weighted by atomic mass is 19.4. The third-order valence-corrected chi connectivity index (χ3v) is 2.55. The summed E-state index contributed by atoms with van der Waals surface area (Å²) in [6.07, 6.45) is -3.94. The topological polar surface area (TPSA) is 30.0 Å². The average Bonchev–Trinajstić information content (AvgIpc) is 2.36. The molecular weight excluding hydrogens is 269 g/mol. The van der Waals surface area contributed by atoms with Crippen LogP contribution in [0, 0.1) is 0 Å². The molecule has 0 bridgehead atoms. The molecule has 0 atom stereocenters. The van der Waals surface area contributed by atoms with E-state index in [9.17, 15) is 26.7 Å². The van der Waals surface area contributed by atoms with Gasteiger partial charge >= 0.3 is 12.1 Å². The molecule has 0 aliphatic carbocycles. The predicted octanol–water partition coefficient (Wildman–Crippen LogP) is 3.62. The van der Waals surface area contributed by atoms with Crippen molar-refractivity contribution in [2.24, 2.45) is 0 Å². The normalized spacial score (nSPS) is 12.7. The van der Waals surface area contributed by atoms with E-state index in [1.54, 1.807) is 6.07 Å². The minimum atomic E-state index is -5.93. The number of hydrogen-bond donors (Lipinski definition) is 0. The Balaban J connectivity index is 2.60. The molecule has 0 N–H and O–H groups in total. The van der Waals surface area contributed by atoms with Crippen LogP contribution in [0.5, 0.6) is 0 Å². The lowest BCUT2D eigenvalue weighted by Crippen LogP contribution is -2.44. The van der Waals surface area contributed by atoms with Crippen LogP contribution in [0.4, 0.5) is 22.0 Å². The van der Waals surface area contributed by atoms with Gasteiger partial charge in [-0.2, -0.15) is 22.0 Å². The molecule has 2 aromatic rings. The number of nitrogens with zero attached hydrogens (tertiary/aromatic N) is 1. The maximum absolute atomic E-state index is 13.0. The summed E-state index contributed by atoms with van der Waals surface area (Å²) >= 11 is 0. The lowest BCUT2D eigenvalue weighted by atomic mass is 10.0. The second kappa shape index (κ2) is 4.25. The number of halogens is 5. The first kappa shape index (κ1) is 13.4. The largest absolute Gasteiger partial charge is 0.461 e. The Morgan fingerprint density at radius 1 is 1.00 bits per heavy atom. The van der Waals surface area contributed by atoms with E-state index in [2.05, 4.69) is 4.98 Å². The number of hydrogen-bond acceptors (Lipinski definition) is 2. The van der Waals surface area contributed by atoms with Gasteiger partial charge in [0.25, 0.3) is 0 Å². The minimum Gasteiger partial charge on any atom is -0.287 e. The van der Waals surface area contributed by atoms with Gasteiger partial charge in [-0.25, -0.2) is 0 Å². The molecule has 1 heterocycles. The molecule has 0 aliphatic rings. The van der Waals surface area contributed by atoms with Crippen molar-refractivity contribution in [1.29, 1.82) is 0 Å². The smallest absolute Gasteiger partial charge is 0.287 e. The Bertz CT molecular complexity index is 630. The van der Waals surface area contributed by atoms with Crippen LogP contribution in [-0.2, 0) is 0 Å². The van der Waals surface area contributed by atoms with Crippen molar-refractivity contribution in [3.8, 4) is 0 Å². The van der Waals surface area contributed by atoms with Crippen molar-refractivity contribution in [3.63, 3.8) is 0 Å². The molecule has 0 amide bonds. The maximum atomic E-state index is 13.0. The van der Waals surface area contributed by atoms with E-state index in [-0.39, 0.29) is 5.39 Å². The van der Waals surface area contributed by atoms with E-state index in [1.807, 2.05) is 0 Å². The highest BCUT2D eigenvalue weighted by molar-refractivity contribution is 6.11. The number of alkyl halides is 5. The van der Waals surface area contributed by atoms with E-state index in [1.165, 1.54) is 24.4 Å². The van der Waals surface area contributed by atoms with Gasteiger partial charge in [-0.05, 0) is 5.39 Å². The van der Waals surface area contributed by atoms with Crippen molar-refractivity contribution in [1.82, 2.24) is 4.98 Å². The number of carbonyl (C=O) groups is 1. The quantitative estimate of drug-likeness (QED) is 0.619. The van der Waals surface area contributed by atoms with E-state index < -0.39 is 23.4 Å². The molecule has 19 heavy (non-hydrogen) atoms. The van der Waals surface area contributed by atoms with Gasteiger partial charge in [-0.15, -0.1) is 0 Å². The second-order valence-electron chi connectivity index (χ2n) is 3.81. The summed E-state index contributed by atoms with van der Waals surface area (Å²) in [5, 5.41) is 0.317. The summed E-state index contributed by atoms with van der Waals surface area (Å²) in [5.74, 6) is -7.73. The number of fused-ring (bicyclic) bond motifs is 1. The van der Waals surface area contributed by atoms with Crippen molar-refractivity contribution in [3.05, 3.63) is 42.2 Å². The van der Waals surface area contributed by atoms with Crippen molar-refractivity contribution >= 4 is 16.6 Å². The first-order valence-corrected chi connectivity index (χ1v) is 5.07. The molecule has 1 aromatic heterocycles. The highest BCUT2D eigenvalue weighted by Crippen LogP contribution is 2.38. The van der Waals surface area contributed by atoms with Crippen LogP contribution in [0.3, 0.4) is 0 Å². The molecule has 0 saturated carbocycles. The Hall–Kier alpha value is -2.05. The molecule has 100 valence electrons. The third-order valence-electron chi connectivity index (χ3n) is 2.55. The van der Waals surface area contributed by atoms with Crippen molar-refractivity contribution in [2.75, 3.05) is 0 Å². The molecule has 0 spiro atoms. The van der Waals surface area contributed by atoms with E-state index in [0.29, 0.717) is 11.6 Å². The van der Waals surface area contributed by atoms with Crippen molar-refractivity contribution < 1.29 is 26.7 Å². The number of carbonyl (C=O) groups excluding carboxylic acids is 1. The van der Waals surface area contributed by atoms with Gasteiger partial charge in [0.15, 0.2) is 0 Å². The van der Waals surface area contributed by atoms with Crippen LogP contribution in [0.2, 0.25) is 0 Å². The zero-order valence-corrected chi connectivity index (χ0v) is 9.21. The average molecular weight is 275 g/mol. The summed E-state index contributed by atoms with van der Waals surface area (Å²) < 4.78 is 62.6. The Morgan fingerprint density at radius 2 is 1.63 bits per heavy atom. The molecule has 0 aliphatic heterocycles. The van der Waals surface area contributed by atoms with Crippen LogP contribution < -0.4 is 0 Å². The lowest BCUT2D eigenvalue weighted by molar-refractivity contribution is -0.255. The third kappa shape index (κ3) is 2.16. The van der Waals surface area contributed by atoms with Crippen LogP contribution >= 0.6 is 0 Å². The lowest BCUT2D eigenvalue weighted by Gasteiger charge is -2.18. The number of ketones is 1. The maximum Gasteiger partial charge on any atom is 0.461 e. The Morgan fingerprint density at radius 3 is 2.26 bits per heavy atom. The Labute approximate surface area is 103 Å². The zero-order chi connectivity index (χ0) is 14.3. The van der Waals surface area contributed by atoms with E-state index in [0.717, 1.165) is 0 Å². The molecule has 0 unspecified atom stereocenters. The minimum absolute atomic E-state index is 0.00595. The van der Waals surface area contributed by atoms with Crippen LogP contribution in [0.15, 0.2) is 36.7 Å². The van der Waals surface area contributed by atoms with Gasteiger partial charge in [0, 0.05) is 17.8 Å². The van der Waals surface area contributed by atoms with Crippen molar-refractivity contribution in [2.45, 2.75) is 12.1 Å². The monoisotopic (exact) mass is 275 g/mol. The standard InChI is InChI=1S/C12H6F5NO/c13-11(14,12(15,16)17)10(19)9-6-18-5-7-3-1-2-4-8(7)9/h1-6H. The second-order valence-corrected chi connectivity index (χ2v) is 3.81. The Kier molecular flexibility index (Phi) is 3.00. The van der Waals surface area contributed by atoms with Gasteiger partial charge in [-0.1, -0.05) is 24.3 Å². The molecule has 2 nitrogen and oxygen atoms in total. The van der Waals surface area contributed by atoms with E-state index in [4.69, 9.17) is 0 Å². The first-order valence-electron chi connectivity index (χ1n) is 5.07. The first-order chi connectivity index (χ1) is 8.75. The summed E-state index contributed by atoms with van der Waals surface area (Å²) in [6.45, 7) is 0. The number of pyridine rings is 1. The molecular formula is C12H6F5NO. The summed E-state index contributed by atoms with van der Waals surface area (Å²) in [6, 6.07) is 5.74. The van der Waals surface area contributed by atoms with Crippen LogP contribution in [-0.4, -0.2) is 22.9 Å². The van der Waals surface area contributed by atoms with Gasteiger partial charge in [0.1, 0.15) is 0 Å². The fourth-order valence-electron chi connectivity index (χ4n) is 1.60. The molecule has 0 fully saturated rings. The number of Topliss-reactive ketones (excluding diaryl/α,β-unsaturated/α-hetero) is 1. The fourth-order valence-corrected chi connectivity index (χ4v) is 1.60. The predicted molar refractivity (Wildman–Crippen MR) is 57.1 cm³/mol. The molecule has 0 radical (unpaired) electrons. The summed E-state index contributed by atoms with van der Waals surface area (Å²) in [4.78, 5) is 14.9. The van der Waals surface area contributed by atoms with Gasteiger partial charge < -0.3 is 0 Å². The summed E-state index contributed by atoms with van der Waals surface area (Å²) in [7, 11) is 0. The molecule has 2 rings (SSSR count). The van der Waals surface area contributed by atoms with Crippen LogP contribution in [0.1, 0.15) is 10.4 Å². The van der Waals surface area contributed by atoms with Gasteiger partial charge in [-0.3, -0.25) is 9.78 Å². The summed E-state index contributed by atoms with van der Waals surface area (Å²) in [5.41, 5.74) is -0.750. The highest BCUT2D eigenvalue weighted by Gasteiger charge is 2.63.